The molecule has 2 amide bonds. The molecule has 3 aromatic rings. The Kier molecular flexibility index (Phi) is 6.96. The van der Waals surface area contributed by atoms with Gasteiger partial charge in [0, 0.05) is 43.1 Å². The highest BCUT2D eigenvalue weighted by Crippen LogP contribution is 2.27. The zero-order valence-corrected chi connectivity index (χ0v) is 19.8. The van der Waals surface area contributed by atoms with E-state index in [4.69, 9.17) is 26.8 Å². The molecule has 0 saturated carbocycles. The van der Waals surface area contributed by atoms with Gasteiger partial charge in [0.05, 0.1) is 17.1 Å². The molecular weight excluding hydrogens is 466 g/mol. The van der Waals surface area contributed by atoms with Gasteiger partial charge in [0.15, 0.2) is 11.7 Å². The molecule has 1 aliphatic rings. The Labute approximate surface area is 200 Å². The number of nitrogens with zero attached hydrogens (tertiary/aromatic N) is 4. The molecule has 33 heavy (non-hydrogen) atoms. The molecule has 1 saturated heterocycles. The topological polar surface area (TPSA) is 111 Å². The van der Waals surface area contributed by atoms with Crippen LogP contribution in [0.15, 0.2) is 36.0 Å². The summed E-state index contributed by atoms with van der Waals surface area (Å²) in [5, 5.41) is 3.60. The summed E-state index contributed by atoms with van der Waals surface area (Å²) in [6, 6.07) is 6.39. The van der Waals surface area contributed by atoms with Crippen LogP contribution >= 0.6 is 22.9 Å². The predicted octanol–water partition coefficient (Wildman–Crippen LogP) is 2.58. The fourth-order valence-electron chi connectivity index (χ4n) is 3.89. The van der Waals surface area contributed by atoms with Gasteiger partial charge < -0.3 is 25.0 Å². The summed E-state index contributed by atoms with van der Waals surface area (Å²) >= 11 is 7.22. The normalized spacial score (nSPS) is 18.7. The second kappa shape index (κ2) is 9.90. The molecule has 2 N–H and O–H groups in total. The first-order valence-electron chi connectivity index (χ1n) is 10.3. The number of benzene rings is 1. The molecule has 11 heteroatoms. The average Bonchev–Trinajstić information content (AvgIpc) is 3.22. The van der Waals surface area contributed by atoms with Crippen molar-refractivity contribution in [3.05, 3.63) is 46.6 Å². The van der Waals surface area contributed by atoms with Gasteiger partial charge in [-0.15, -0.1) is 11.3 Å². The summed E-state index contributed by atoms with van der Waals surface area (Å²) in [5.74, 6) is -0.0416. The van der Waals surface area contributed by atoms with Gasteiger partial charge in [0.1, 0.15) is 18.2 Å². The number of ether oxygens (including phenoxy) is 2. The highest BCUT2D eigenvalue weighted by Gasteiger charge is 2.41. The molecule has 4 rings (SSSR count). The number of fused-ring (bicyclic) bond motifs is 1. The van der Waals surface area contributed by atoms with Gasteiger partial charge in [-0.25, -0.2) is 9.97 Å². The molecule has 1 fully saturated rings. The molecule has 2 atom stereocenters. The van der Waals surface area contributed by atoms with Crippen molar-refractivity contribution >= 4 is 51.5 Å². The lowest BCUT2D eigenvalue weighted by molar-refractivity contribution is -0.158. The third kappa shape index (κ3) is 5.02. The Balaban J connectivity index is 1.49. The van der Waals surface area contributed by atoms with Gasteiger partial charge in [0.2, 0.25) is 5.91 Å². The van der Waals surface area contributed by atoms with E-state index in [-0.39, 0.29) is 31.1 Å². The molecule has 0 radical (unpaired) electrons. The summed E-state index contributed by atoms with van der Waals surface area (Å²) in [6.07, 6.45) is 1.42. The lowest BCUT2D eigenvalue weighted by atomic mass is 10.0. The number of thiophene rings is 1. The van der Waals surface area contributed by atoms with E-state index in [0.29, 0.717) is 34.5 Å². The van der Waals surface area contributed by atoms with Gasteiger partial charge in [-0.2, -0.15) is 0 Å². The summed E-state index contributed by atoms with van der Waals surface area (Å²) in [7, 11) is 1.51. The van der Waals surface area contributed by atoms with E-state index in [9.17, 15) is 9.59 Å². The summed E-state index contributed by atoms with van der Waals surface area (Å²) < 4.78 is 10.8. The fraction of sp³-hybridized carbons (Fsp3) is 0.364. The SMILES string of the molecule is COC[C@H]1C(=O)N(Cc2ccc3c(N)ncnc3c2)C(C)CN1C(=O)COc1cc(Cl)cs1. The first-order valence-corrected chi connectivity index (χ1v) is 11.6. The Morgan fingerprint density at radius 2 is 2.15 bits per heavy atom. The molecule has 1 aromatic carbocycles. The summed E-state index contributed by atoms with van der Waals surface area (Å²) in [4.78, 5) is 37.9. The zero-order valence-electron chi connectivity index (χ0n) is 18.2. The number of anilines is 1. The van der Waals surface area contributed by atoms with Crippen molar-refractivity contribution in [2.45, 2.75) is 25.6 Å². The van der Waals surface area contributed by atoms with E-state index in [1.165, 1.54) is 29.7 Å². The summed E-state index contributed by atoms with van der Waals surface area (Å²) in [5.41, 5.74) is 7.54. The van der Waals surface area contributed by atoms with E-state index >= 15 is 0 Å². The molecular formula is C22H24ClN5O4S. The number of carbonyl (C=O) groups is 2. The van der Waals surface area contributed by atoms with E-state index in [1.54, 1.807) is 16.3 Å². The van der Waals surface area contributed by atoms with Crippen molar-refractivity contribution in [3.8, 4) is 5.06 Å². The Hall–Kier alpha value is -2.95. The van der Waals surface area contributed by atoms with Crippen LogP contribution in [0.2, 0.25) is 5.02 Å². The number of amides is 2. The zero-order chi connectivity index (χ0) is 23.5. The molecule has 0 bridgehead atoms. The fourth-order valence-corrected chi connectivity index (χ4v) is 4.80. The minimum atomic E-state index is -0.729. The first kappa shape index (κ1) is 23.2. The predicted molar refractivity (Wildman–Crippen MR) is 126 cm³/mol. The van der Waals surface area contributed by atoms with Crippen LogP contribution in [0, 0.1) is 0 Å². The van der Waals surface area contributed by atoms with Crippen LogP contribution in [0.1, 0.15) is 12.5 Å². The van der Waals surface area contributed by atoms with Crippen molar-refractivity contribution in [2.75, 3.05) is 32.6 Å². The first-order chi connectivity index (χ1) is 15.9. The quantitative estimate of drug-likeness (QED) is 0.543. The number of aromatic nitrogens is 2. The number of piperazine rings is 1. The van der Waals surface area contributed by atoms with E-state index < -0.39 is 6.04 Å². The molecule has 0 spiro atoms. The highest BCUT2D eigenvalue weighted by molar-refractivity contribution is 7.12. The molecule has 0 aliphatic carbocycles. The second-order valence-electron chi connectivity index (χ2n) is 7.82. The van der Waals surface area contributed by atoms with Crippen LogP contribution in [0.5, 0.6) is 5.06 Å². The maximum absolute atomic E-state index is 13.4. The van der Waals surface area contributed by atoms with Gasteiger partial charge in [-0.1, -0.05) is 17.7 Å². The number of nitrogens with two attached hydrogens (primary N) is 1. The third-order valence-corrected chi connectivity index (χ3v) is 6.74. The van der Waals surface area contributed by atoms with Gasteiger partial charge in [-0.05, 0) is 24.6 Å². The van der Waals surface area contributed by atoms with Crippen molar-refractivity contribution in [1.82, 2.24) is 19.8 Å². The molecule has 1 unspecified atom stereocenters. The van der Waals surface area contributed by atoms with Crippen molar-refractivity contribution < 1.29 is 19.1 Å². The largest absolute Gasteiger partial charge is 0.474 e. The van der Waals surface area contributed by atoms with Crippen LogP contribution in [0.25, 0.3) is 10.9 Å². The minimum Gasteiger partial charge on any atom is -0.474 e. The van der Waals surface area contributed by atoms with Crippen LogP contribution in [-0.2, 0) is 20.9 Å². The third-order valence-electron chi connectivity index (χ3n) is 5.55. The molecule has 1 aliphatic heterocycles. The van der Waals surface area contributed by atoms with Gasteiger partial charge in [-0.3, -0.25) is 9.59 Å². The van der Waals surface area contributed by atoms with Gasteiger partial charge >= 0.3 is 0 Å². The number of nitrogen functional groups attached to an aromatic ring is 1. The van der Waals surface area contributed by atoms with Crippen LogP contribution < -0.4 is 10.5 Å². The van der Waals surface area contributed by atoms with Crippen molar-refractivity contribution in [1.29, 1.82) is 0 Å². The smallest absolute Gasteiger partial charge is 0.261 e. The molecule has 174 valence electrons. The molecule has 9 nitrogen and oxygen atoms in total. The number of methoxy groups -OCH3 is 1. The summed E-state index contributed by atoms with van der Waals surface area (Å²) in [6.45, 7) is 2.59. The van der Waals surface area contributed by atoms with Crippen LogP contribution in [0.4, 0.5) is 5.82 Å². The molecule has 2 aromatic heterocycles. The number of hydrogen-bond donors (Lipinski definition) is 1. The van der Waals surface area contributed by atoms with Crippen molar-refractivity contribution in [3.63, 3.8) is 0 Å². The maximum atomic E-state index is 13.4. The van der Waals surface area contributed by atoms with E-state index in [2.05, 4.69) is 9.97 Å². The van der Waals surface area contributed by atoms with Crippen molar-refractivity contribution in [2.24, 2.45) is 0 Å². The highest BCUT2D eigenvalue weighted by atomic mass is 35.5. The number of halogens is 1. The Morgan fingerprint density at radius 3 is 2.88 bits per heavy atom. The van der Waals surface area contributed by atoms with E-state index in [0.717, 1.165) is 10.9 Å². The Morgan fingerprint density at radius 1 is 1.33 bits per heavy atom. The number of hydrogen-bond acceptors (Lipinski definition) is 8. The molecule has 3 heterocycles. The average molecular weight is 490 g/mol. The number of carbonyl (C=O) groups excluding carboxylic acids is 2. The monoisotopic (exact) mass is 489 g/mol. The minimum absolute atomic E-state index is 0.0973. The van der Waals surface area contributed by atoms with Crippen LogP contribution in [0.3, 0.4) is 0 Å². The second-order valence-corrected chi connectivity index (χ2v) is 9.13. The lowest BCUT2D eigenvalue weighted by Gasteiger charge is -2.44. The van der Waals surface area contributed by atoms with E-state index in [1.807, 2.05) is 25.1 Å². The Bertz CT molecular complexity index is 1170. The standard InChI is InChI=1S/C22H24ClN5O4S/c1-13-7-28(19(29)10-32-20-6-15(23)11-33-20)18(9-31-2)22(30)27(13)8-14-3-4-16-17(5-14)25-12-26-21(16)24/h3-6,11-13,18H,7-10H2,1-2H3,(H2,24,25,26)/t13?,18-/m0/s1. The van der Waals surface area contributed by atoms with Gasteiger partial charge in [0.25, 0.3) is 5.91 Å². The maximum Gasteiger partial charge on any atom is 0.261 e. The number of rotatable bonds is 7. The van der Waals surface area contributed by atoms with Crippen LogP contribution in [-0.4, -0.2) is 70.5 Å². The lowest BCUT2D eigenvalue weighted by Crippen LogP contribution is -2.63.